The van der Waals surface area contributed by atoms with E-state index in [0.717, 1.165) is 25.1 Å². The monoisotopic (exact) mass is 341 g/mol. The van der Waals surface area contributed by atoms with E-state index in [2.05, 4.69) is 23.6 Å². The molecule has 3 heterocycles. The summed E-state index contributed by atoms with van der Waals surface area (Å²) in [6.07, 6.45) is 3.59. The normalized spacial score (nSPS) is 22.6. The summed E-state index contributed by atoms with van der Waals surface area (Å²) in [6, 6.07) is 10.3. The van der Waals surface area contributed by atoms with Crippen LogP contribution in [0.15, 0.2) is 36.5 Å². The average Bonchev–Trinajstić information content (AvgIpc) is 3.30. The van der Waals surface area contributed by atoms with Crippen molar-refractivity contribution in [2.45, 2.75) is 25.5 Å². The lowest BCUT2D eigenvalue weighted by Crippen LogP contribution is -2.36. The molecule has 1 amide bonds. The van der Waals surface area contributed by atoms with Crippen LogP contribution in [0.25, 0.3) is 0 Å². The SMILES string of the molecule is O=C(NC[C@H]1OCCc2cn(Cc3ccccc3)nc21)[C@@H]1CCOC1. The van der Waals surface area contributed by atoms with Gasteiger partial charge in [-0.25, -0.2) is 0 Å². The van der Waals surface area contributed by atoms with Gasteiger partial charge >= 0.3 is 0 Å². The zero-order valence-electron chi connectivity index (χ0n) is 14.2. The Balaban J connectivity index is 1.41. The Morgan fingerprint density at radius 1 is 1.28 bits per heavy atom. The van der Waals surface area contributed by atoms with Crippen LogP contribution >= 0.6 is 0 Å². The first-order chi connectivity index (χ1) is 12.3. The van der Waals surface area contributed by atoms with E-state index in [1.807, 2.05) is 22.9 Å². The molecule has 0 aliphatic carbocycles. The van der Waals surface area contributed by atoms with Gasteiger partial charge in [-0.15, -0.1) is 0 Å². The topological polar surface area (TPSA) is 65.4 Å². The Hall–Kier alpha value is -2.18. The molecule has 6 nitrogen and oxygen atoms in total. The molecule has 1 aromatic carbocycles. The van der Waals surface area contributed by atoms with Crippen LogP contribution in [0.5, 0.6) is 0 Å². The molecule has 0 radical (unpaired) electrons. The Morgan fingerprint density at radius 2 is 2.16 bits per heavy atom. The highest BCUT2D eigenvalue weighted by atomic mass is 16.5. The number of hydrogen-bond donors (Lipinski definition) is 1. The van der Waals surface area contributed by atoms with Gasteiger partial charge in [0.1, 0.15) is 6.10 Å². The Labute approximate surface area is 147 Å². The zero-order valence-corrected chi connectivity index (χ0v) is 14.2. The van der Waals surface area contributed by atoms with Crippen LogP contribution in [0.1, 0.15) is 29.3 Å². The van der Waals surface area contributed by atoms with Crippen molar-refractivity contribution in [1.82, 2.24) is 15.1 Å². The first-order valence-electron chi connectivity index (χ1n) is 8.87. The fourth-order valence-electron chi connectivity index (χ4n) is 3.42. The Kier molecular flexibility index (Phi) is 4.81. The fraction of sp³-hybridized carbons (Fsp3) is 0.474. The van der Waals surface area contributed by atoms with Gasteiger partial charge in [0.05, 0.1) is 31.4 Å². The molecule has 0 unspecified atom stereocenters. The van der Waals surface area contributed by atoms with Crippen LogP contribution in [0.4, 0.5) is 0 Å². The number of aromatic nitrogens is 2. The van der Waals surface area contributed by atoms with Crippen molar-refractivity contribution in [2.75, 3.05) is 26.4 Å². The second kappa shape index (κ2) is 7.37. The molecule has 2 atom stereocenters. The largest absolute Gasteiger partial charge is 0.381 e. The number of hydrogen-bond acceptors (Lipinski definition) is 4. The number of carbonyl (C=O) groups excluding carboxylic acids is 1. The molecule has 2 aliphatic heterocycles. The van der Waals surface area contributed by atoms with Gasteiger partial charge in [-0.3, -0.25) is 9.48 Å². The summed E-state index contributed by atoms with van der Waals surface area (Å²) >= 11 is 0. The molecule has 0 spiro atoms. The van der Waals surface area contributed by atoms with Gasteiger partial charge in [-0.2, -0.15) is 5.10 Å². The maximum absolute atomic E-state index is 12.2. The van der Waals surface area contributed by atoms with E-state index in [-0.39, 0.29) is 17.9 Å². The minimum Gasteiger partial charge on any atom is -0.381 e. The van der Waals surface area contributed by atoms with E-state index < -0.39 is 0 Å². The van der Waals surface area contributed by atoms with Gasteiger partial charge in [-0.05, 0) is 24.0 Å². The van der Waals surface area contributed by atoms with Crippen molar-refractivity contribution in [1.29, 1.82) is 0 Å². The van der Waals surface area contributed by atoms with Gasteiger partial charge in [0, 0.05) is 19.3 Å². The average molecular weight is 341 g/mol. The summed E-state index contributed by atoms with van der Waals surface area (Å²) in [5.41, 5.74) is 3.38. The lowest BCUT2D eigenvalue weighted by Gasteiger charge is -2.22. The molecule has 2 aliphatic rings. The van der Waals surface area contributed by atoms with Crippen molar-refractivity contribution < 1.29 is 14.3 Å². The number of carbonyl (C=O) groups is 1. The highest BCUT2D eigenvalue weighted by Crippen LogP contribution is 2.25. The van der Waals surface area contributed by atoms with Crippen molar-refractivity contribution in [3.63, 3.8) is 0 Å². The van der Waals surface area contributed by atoms with Gasteiger partial charge in [0.25, 0.3) is 0 Å². The molecule has 25 heavy (non-hydrogen) atoms. The number of rotatable bonds is 5. The van der Waals surface area contributed by atoms with Crippen LogP contribution in [0.3, 0.4) is 0 Å². The molecular formula is C19H23N3O3. The predicted molar refractivity (Wildman–Crippen MR) is 92.1 cm³/mol. The maximum atomic E-state index is 12.2. The fourth-order valence-corrected chi connectivity index (χ4v) is 3.42. The summed E-state index contributed by atoms with van der Waals surface area (Å²) in [7, 11) is 0. The Bertz CT molecular complexity index is 723. The van der Waals surface area contributed by atoms with Crippen LogP contribution in [-0.2, 0) is 27.2 Å². The molecule has 1 fully saturated rings. The molecule has 1 saturated heterocycles. The highest BCUT2D eigenvalue weighted by molar-refractivity contribution is 5.79. The predicted octanol–water partition coefficient (Wildman–Crippen LogP) is 1.70. The smallest absolute Gasteiger partial charge is 0.225 e. The van der Waals surface area contributed by atoms with Crippen molar-refractivity contribution in [3.8, 4) is 0 Å². The third-order valence-electron chi connectivity index (χ3n) is 4.82. The minimum absolute atomic E-state index is 0.0290. The van der Waals surface area contributed by atoms with Crippen molar-refractivity contribution in [3.05, 3.63) is 53.3 Å². The summed E-state index contributed by atoms with van der Waals surface area (Å²) < 4.78 is 13.1. The molecule has 0 saturated carbocycles. The van der Waals surface area contributed by atoms with Crippen molar-refractivity contribution in [2.24, 2.45) is 5.92 Å². The van der Waals surface area contributed by atoms with E-state index in [4.69, 9.17) is 14.6 Å². The molecule has 1 aromatic heterocycles. The van der Waals surface area contributed by atoms with Crippen molar-refractivity contribution >= 4 is 5.91 Å². The highest BCUT2D eigenvalue weighted by Gasteiger charge is 2.28. The Morgan fingerprint density at radius 3 is 2.96 bits per heavy atom. The van der Waals surface area contributed by atoms with Crippen LogP contribution in [-0.4, -0.2) is 42.1 Å². The first-order valence-corrected chi connectivity index (χ1v) is 8.87. The molecule has 132 valence electrons. The summed E-state index contributed by atoms with van der Waals surface area (Å²) in [5, 5.41) is 7.72. The molecule has 4 rings (SSSR count). The third kappa shape index (κ3) is 3.75. The van der Waals surface area contributed by atoms with Gasteiger partial charge in [-0.1, -0.05) is 30.3 Å². The van der Waals surface area contributed by atoms with E-state index in [1.54, 1.807) is 0 Å². The first kappa shape index (κ1) is 16.3. The maximum Gasteiger partial charge on any atom is 0.225 e. The molecule has 6 heteroatoms. The third-order valence-corrected chi connectivity index (χ3v) is 4.82. The van der Waals surface area contributed by atoms with Gasteiger partial charge in [0.2, 0.25) is 5.91 Å². The van der Waals surface area contributed by atoms with Crippen LogP contribution in [0.2, 0.25) is 0 Å². The van der Waals surface area contributed by atoms with E-state index in [1.165, 1.54) is 11.1 Å². The molecular weight excluding hydrogens is 318 g/mol. The van der Waals surface area contributed by atoms with Gasteiger partial charge in [0.15, 0.2) is 0 Å². The zero-order chi connectivity index (χ0) is 17.1. The van der Waals surface area contributed by atoms with Crippen LogP contribution < -0.4 is 5.32 Å². The number of fused-ring (bicyclic) bond motifs is 1. The summed E-state index contributed by atoms with van der Waals surface area (Å²) in [5.74, 6) is 0.0237. The second-order valence-electron chi connectivity index (χ2n) is 6.64. The number of nitrogens with one attached hydrogen (secondary N) is 1. The van der Waals surface area contributed by atoms with Crippen LogP contribution in [0, 0.1) is 5.92 Å². The number of benzene rings is 1. The molecule has 2 aromatic rings. The number of nitrogens with zero attached hydrogens (tertiary/aromatic N) is 2. The van der Waals surface area contributed by atoms with E-state index in [9.17, 15) is 4.79 Å². The second-order valence-corrected chi connectivity index (χ2v) is 6.64. The van der Waals surface area contributed by atoms with E-state index >= 15 is 0 Å². The number of ether oxygens (including phenoxy) is 2. The lowest BCUT2D eigenvalue weighted by molar-refractivity contribution is -0.125. The minimum atomic E-state index is -0.174. The summed E-state index contributed by atoms with van der Waals surface area (Å²) in [6.45, 7) is 3.06. The standard InChI is InChI=1S/C19H23N3O3/c23-19(16-6-8-24-13-16)20-10-17-18-15(7-9-25-17)12-22(21-18)11-14-4-2-1-3-5-14/h1-5,12,16-17H,6-11,13H2,(H,20,23)/t16-,17-/m1/s1. The molecule has 1 N–H and O–H groups in total. The van der Waals surface area contributed by atoms with E-state index in [0.29, 0.717) is 26.4 Å². The van der Waals surface area contributed by atoms with Gasteiger partial charge < -0.3 is 14.8 Å². The number of amides is 1. The molecule has 0 bridgehead atoms. The summed E-state index contributed by atoms with van der Waals surface area (Å²) in [4.78, 5) is 12.2. The lowest BCUT2D eigenvalue weighted by atomic mass is 10.1. The quantitative estimate of drug-likeness (QED) is 0.899.